The summed E-state index contributed by atoms with van der Waals surface area (Å²) in [5.74, 6) is -1.84. The summed E-state index contributed by atoms with van der Waals surface area (Å²) in [6.45, 7) is 4.46. The zero-order valence-electron chi connectivity index (χ0n) is 20.1. The number of tetrazole rings is 1. The van der Waals surface area contributed by atoms with Gasteiger partial charge in [0.15, 0.2) is 5.82 Å². The number of anilines is 1. The van der Waals surface area contributed by atoms with Crippen molar-refractivity contribution in [2.75, 3.05) is 11.9 Å². The van der Waals surface area contributed by atoms with Crippen molar-refractivity contribution < 1.29 is 18.0 Å². The Bertz CT molecular complexity index is 1520. The quantitative estimate of drug-likeness (QED) is 0.343. The van der Waals surface area contributed by atoms with Crippen LogP contribution in [-0.2, 0) is 19.3 Å². The lowest BCUT2D eigenvalue weighted by Gasteiger charge is -2.15. The number of alkyl halides is 3. The van der Waals surface area contributed by atoms with Gasteiger partial charge in [0, 0.05) is 18.4 Å². The Hall–Kier alpha value is -4.35. The van der Waals surface area contributed by atoms with Gasteiger partial charge in [-0.15, -0.1) is 10.2 Å². The van der Waals surface area contributed by atoms with E-state index >= 15 is 0 Å². The van der Waals surface area contributed by atoms with Gasteiger partial charge >= 0.3 is 6.18 Å². The molecule has 0 aliphatic rings. The molecule has 0 aliphatic carbocycles. The lowest BCUT2D eigenvalue weighted by atomic mass is 10.0. The van der Waals surface area contributed by atoms with E-state index in [0.717, 1.165) is 4.80 Å². The normalized spacial score (nSPS) is 11.4. The zero-order valence-corrected chi connectivity index (χ0v) is 20.8. The maximum Gasteiger partial charge on any atom is 0.455 e. The highest BCUT2D eigenvalue weighted by atomic mass is 35.5. The Kier molecular flexibility index (Phi) is 7.70. The van der Waals surface area contributed by atoms with E-state index in [1.54, 1.807) is 31.2 Å². The first kappa shape index (κ1) is 26.7. The van der Waals surface area contributed by atoms with Crippen LogP contribution >= 0.6 is 11.6 Å². The molecule has 0 radical (unpaired) electrons. The smallest absolute Gasteiger partial charge is 0.320 e. The molecule has 0 unspecified atom stereocenters. The number of carbonyl (C=O) groups excluding carboxylic acids is 1. The number of aromatic nitrogens is 7. The van der Waals surface area contributed by atoms with E-state index in [0.29, 0.717) is 35.5 Å². The van der Waals surface area contributed by atoms with Crippen LogP contribution in [0.3, 0.4) is 0 Å². The molecule has 2 N–H and O–H groups in total. The van der Waals surface area contributed by atoms with Gasteiger partial charge < -0.3 is 10.6 Å². The number of hydrogen-bond acceptors (Lipinski definition) is 8. The van der Waals surface area contributed by atoms with E-state index in [4.69, 9.17) is 11.6 Å². The summed E-state index contributed by atoms with van der Waals surface area (Å²) < 4.78 is 39.8. The number of hydrogen-bond donors (Lipinski definition) is 2. The first-order chi connectivity index (χ1) is 18.1. The fraction of sp³-hybridized carbons (Fsp3) is 0.261. The second-order valence-electron chi connectivity index (χ2n) is 8.06. The summed E-state index contributed by atoms with van der Waals surface area (Å²) in [7, 11) is 0. The number of nitrogens with zero attached hydrogens (tertiary/aromatic N) is 8. The Morgan fingerprint density at radius 2 is 2.03 bits per heavy atom. The van der Waals surface area contributed by atoms with Gasteiger partial charge in [-0.3, -0.25) is 4.79 Å². The van der Waals surface area contributed by atoms with E-state index < -0.39 is 17.9 Å². The van der Waals surface area contributed by atoms with Gasteiger partial charge in [-0.2, -0.15) is 28.3 Å². The van der Waals surface area contributed by atoms with Gasteiger partial charge in [-0.25, -0.2) is 9.67 Å². The number of pyridine rings is 1. The first-order valence-corrected chi connectivity index (χ1v) is 11.6. The fourth-order valence-electron chi connectivity index (χ4n) is 3.61. The van der Waals surface area contributed by atoms with Crippen molar-refractivity contribution in [1.82, 2.24) is 40.3 Å². The molecule has 3 aromatic heterocycles. The molecule has 11 nitrogen and oxygen atoms in total. The van der Waals surface area contributed by atoms with Crippen molar-refractivity contribution in [1.29, 1.82) is 5.26 Å². The average Bonchev–Trinajstić information content (AvgIpc) is 3.52. The summed E-state index contributed by atoms with van der Waals surface area (Å²) in [6.07, 6.45) is -3.30. The van der Waals surface area contributed by atoms with Crippen molar-refractivity contribution in [2.45, 2.75) is 33.1 Å². The number of rotatable bonds is 8. The predicted molar refractivity (Wildman–Crippen MR) is 130 cm³/mol. The van der Waals surface area contributed by atoms with Crippen molar-refractivity contribution in [3.05, 3.63) is 75.5 Å². The number of carbonyl (C=O) groups is 1. The molecule has 196 valence electrons. The van der Waals surface area contributed by atoms with Crippen molar-refractivity contribution in [3.63, 3.8) is 0 Å². The molecule has 0 atom stereocenters. The molecular formula is C23H20ClF3N10O. The molecule has 0 spiro atoms. The van der Waals surface area contributed by atoms with Crippen LogP contribution in [0.4, 0.5) is 18.9 Å². The molecule has 38 heavy (non-hydrogen) atoms. The third-order valence-corrected chi connectivity index (χ3v) is 5.59. The second-order valence-corrected chi connectivity index (χ2v) is 8.46. The van der Waals surface area contributed by atoms with Crippen LogP contribution in [0.1, 0.15) is 45.6 Å². The minimum atomic E-state index is -4.76. The fourth-order valence-corrected chi connectivity index (χ4v) is 3.81. The van der Waals surface area contributed by atoms with Gasteiger partial charge in [0.05, 0.1) is 22.3 Å². The minimum absolute atomic E-state index is 0.00919. The number of amides is 1. The van der Waals surface area contributed by atoms with Crippen molar-refractivity contribution in [2.24, 2.45) is 0 Å². The van der Waals surface area contributed by atoms with Crippen LogP contribution in [0.5, 0.6) is 0 Å². The molecule has 3 heterocycles. The van der Waals surface area contributed by atoms with E-state index in [1.807, 2.05) is 6.92 Å². The maximum absolute atomic E-state index is 13.5. The summed E-state index contributed by atoms with van der Waals surface area (Å²) in [6, 6.07) is 9.96. The lowest BCUT2D eigenvalue weighted by molar-refractivity contribution is -0.145. The van der Waals surface area contributed by atoms with Gasteiger partial charge in [0.1, 0.15) is 12.2 Å². The Labute approximate surface area is 219 Å². The standard InChI is InChI=1S/C23H20ClF3N10O/c1-3-29-11-15-8-14(10-28)7-13(2)19(15)31-21(38)18-9-16(12-36-34-22(32-35-36)23(25,26)27)33-37(18)20-17(24)5-4-6-30-20/h4-9,29H,3,11-12H2,1-2H3,(H,31,38). The van der Waals surface area contributed by atoms with Gasteiger partial charge in [-0.1, -0.05) is 18.5 Å². The highest BCUT2D eigenvalue weighted by molar-refractivity contribution is 6.32. The van der Waals surface area contributed by atoms with E-state index in [9.17, 15) is 23.2 Å². The van der Waals surface area contributed by atoms with Crippen LogP contribution in [0.2, 0.25) is 5.02 Å². The lowest BCUT2D eigenvalue weighted by Crippen LogP contribution is -2.21. The monoisotopic (exact) mass is 544 g/mol. The van der Waals surface area contributed by atoms with Crippen LogP contribution in [0, 0.1) is 18.3 Å². The number of benzene rings is 1. The predicted octanol–water partition coefficient (Wildman–Crippen LogP) is 3.52. The van der Waals surface area contributed by atoms with Gasteiger partial charge in [0.2, 0.25) is 0 Å². The molecular weight excluding hydrogens is 525 g/mol. The van der Waals surface area contributed by atoms with Gasteiger partial charge in [-0.05, 0) is 60.1 Å². The third-order valence-electron chi connectivity index (χ3n) is 5.29. The van der Waals surface area contributed by atoms with E-state index in [2.05, 4.69) is 42.2 Å². The molecule has 0 aliphatic heterocycles. The van der Waals surface area contributed by atoms with Crippen molar-refractivity contribution in [3.8, 4) is 11.9 Å². The molecule has 0 bridgehead atoms. The molecule has 0 saturated carbocycles. The summed E-state index contributed by atoms with van der Waals surface area (Å²) in [5, 5.41) is 29.7. The number of halogens is 4. The second kappa shape index (κ2) is 11.0. The van der Waals surface area contributed by atoms with E-state index in [1.165, 1.54) is 16.9 Å². The third kappa shape index (κ3) is 5.79. The minimum Gasteiger partial charge on any atom is -0.320 e. The summed E-state index contributed by atoms with van der Waals surface area (Å²) in [4.78, 5) is 18.4. The molecule has 15 heteroatoms. The molecule has 1 amide bonds. The molecule has 0 saturated heterocycles. The molecule has 0 fully saturated rings. The Morgan fingerprint density at radius 1 is 1.24 bits per heavy atom. The highest BCUT2D eigenvalue weighted by Crippen LogP contribution is 2.27. The molecule has 4 aromatic rings. The largest absolute Gasteiger partial charge is 0.455 e. The van der Waals surface area contributed by atoms with Crippen LogP contribution in [0.25, 0.3) is 5.82 Å². The summed E-state index contributed by atoms with van der Waals surface area (Å²) >= 11 is 6.30. The van der Waals surface area contributed by atoms with Crippen LogP contribution < -0.4 is 10.6 Å². The number of nitrogens with one attached hydrogen (secondary N) is 2. The topological polar surface area (TPSA) is 139 Å². The zero-order chi connectivity index (χ0) is 27.4. The number of nitriles is 1. The van der Waals surface area contributed by atoms with Gasteiger partial charge in [0.25, 0.3) is 11.7 Å². The van der Waals surface area contributed by atoms with Crippen molar-refractivity contribution >= 4 is 23.2 Å². The number of aryl methyl sites for hydroxylation is 1. The molecule has 1 aromatic carbocycles. The summed E-state index contributed by atoms with van der Waals surface area (Å²) in [5.41, 5.74) is 2.48. The Balaban J connectivity index is 1.73. The molecule has 4 rings (SSSR count). The maximum atomic E-state index is 13.5. The first-order valence-electron chi connectivity index (χ1n) is 11.2. The average molecular weight is 545 g/mol. The highest BCUT2D eigenvalue weighted by Gasteiger charge is 2.37. The Morgan fingerprint density at radius 3 is 2.68 bits per heavy atom. The SMILES string of the molecule is CCNCc1cc(C#N)cc(C)c1NC(=O)c1cc(Cn2nnc(C(F)(F)F)n2)nn1-c1ncccc1Cl. The van der Waals surface area contributed by atoms with Crippen LogP contribution in [0.15, 0.2) is 36.5 Å². The van der Waals surface area contributed by atoms with Crippen LogP contribution in [-0.4, -0.2) is 47.4 Å². The van der Waals surface area contributed by atoms with E-state index in [-0.39, 0.29) is 28.8 Å².